The minimum absolute atomic E-state index is 0.110. The van der Waals surface area contributed by atoms with Crippen LogP contribution in [-0.4, -0.2) is 36.1 Å². The van der Waals surface area contributed by atoms with E-state index in [0.717, 1.165) is 36.3 Å². The molecule has 1 saturated carbocycles. The van der Waals surface area contributed by atoms with Crippen molar-refractivity contribution in [3.63, 3.8) is 0 Å². The van der Waals surface area contributed by atoms with Gasteiger partial charge in [-0.3, -0.25) is 0 Å². The maximum atomic E-state index is 12.3. The van der Waals surface area contributed by atoms with Gasteiger partial charge in [-0.25, -0.2) is 9.59 Å². The molecule has 0 radical (unpaired) electrons. The minimum atomic E-state index is -0.540. The maximum Gasteiger partial charge on any atom is 0.407 e. The summed E-state index contributed by atoms with van der Waals surface area (Å²) in [6.07, 6.45) is 5.28. The Bertz CT molecular complexity index is 613. The number of hydrogen-bond acceptors (Lipinski definition) is 4. The van der Waals surface area contributed by atoms with E-state index < -0.39 is 11.7 Å². The van der Waals surface area contributed by atoms with E-state index in [1.54, 1.807) is 11.8 Å². The van der Waals surface area contributed by atoms with Crippen LogP contribution in [-0.2, 0) is 4.74 Å². The van der Waals surface area contributed by atoms with Crippen LogP contribution in [0.4, 0.5) is 15.3 Å². The summed E-state index contributed by atoms with van der Waals surface area (Å²) in [5.74, 6) is 0. The van der Waals surface area contributed by atoms with Gasteiger partial charge in [0.15, 0.2) is 0 Å². The second-order valence-electron chi connectivity index (χ2n) is 7.47. The fourth-order valence-corrected chi connectivity index (χ4v) is 3.35. The van der Waals surface area contributed by atoms with Gasteiger partial charge in [0.1, 0.15) is 5.60 Å². The third-order valence-electron chi connectivity index (χ3n) is 4.13. The highest BCUT2D eigenvalue weighted by molar-refractivity contribution is 7.98. The van der Waals surface area contributed by atoms with Crippen molar-refractivity contribution < 1.29 is 14.3 Å². The number of ether oxygens (including phenoxy) is 1. The van der Waals surface area contributed by atoms with E-state index in [1.165, 1.54) is 0 Å². The molecule has 0 bridgehead atoms. The highest BCUT2D eigenvalue weighted by Crippen LogP contribution is 2.20. The number of amides is 3. The lowest BCUT2D eigenvalue weighted by molar-refractivity contribution is 0.0481. The largest absolute Gasteiger partial charge is 0.444 e. The first kappa shape index (κ1) is 20.4. The van der Waals surface area contributed by atoms with Crippen molar-refractivity contribution in [3.05, 3.63) is 24.3 Å². The molecule has 3 amide bonds. The Hall–Kier alpha value is -1.89. The van der Waals surface area contributed by atoms with E-state index in [0.29, 0.717) is 0 Å². The quantitative estimate of drug-likeness (QED) is 0.679. The van der Waals surface area contributed by atoms with Gasteiger partial charge in [0, 0.05) is 10.6 Å². The van der Waals surface area contributed by atoms with E-state index in [2.05, 4.69) is 16.0 Å². The minimum Gasteiger partial charge on any atom is -0.444 e. The van der Waals surface area contributed by atoms with Crippen LogP contribution in [0, 0.1) is 0 Å². The van der Waals surface area contributed by atoms with Gasteiger partial charge in [-0.05, 0) is 64.1 Å². The third-order valence-corrected chi connectivity index (χ3v) is 4.88. The second-order valence-corrected chi connectivity index (χ2v) is 8.35. The van der Waals surface area contributed by atoms with Gasteiger partial charge in [0.2, 0.25) is 0 Å². The number of nitrogens with one attached hydrogen (secondary N) is 3. The number of rotatable bonds is 4. The lowest BCUT2D eigenvalue weighted by Gasteiger charge is -2.33. The van der Waals surface area contributed by atoms with Crippen molar-refractivity contribution in [1.82, 2.24) is 10.6 Å². The maximum absolute atomic E-state index is 12.3. The Kier molecular flexibility index (Phi) is 7.20. The molecule has 6 nitrogen and oxygen atoms in total. The third kappa shape index (κ3) is 6.78. The SMILES string of the molecule is CSc1ccc(NC(=O)NC2CCCCC2NC(=O)OC(C)(C)C)cc1. The van der Waals surface area contributed by atoms with Gasteiger partial charge in [0.25, 0.3) is 0 Å². The predicted molar refractivity (Wildman–Crippen MR) is 106 cm³/mol. The van der Waals surface area contributed by atoms with Crippen molar-refractivity contribution in [2.45, 2.75) is 69.0 Å². The van der Waals surface area contributed by atoms with Crippen molar-refractivity contribution >= 4 is 29.6 Å². The average Bonchev–Trinajstić information content (AvgIpc) is 2.55. The van der Waals surface area contributed by atoms with Gasteiger partial charge < -0.3 is 20.7 Å². The molecule has 1 aromatic rings. The summed E-state index contributed by atoms with van der Waals surface area (Å²) in [5, 5.41) is 8.74. The Balaban J connectivity index is 1.89. The highest BCUT2D eigenvalue weighted by atomic mass is 32.2. The van der Waals surface area contributed by atoms with Crippen molar-refractivity contribution in [3.8, 4) is 0 Å². The van der Waals surface area contributed by atoms with Gasteiger partial charge in [-0.1, -0.05) is 12.8 Å². The monoisotopic (exact) mass is 379 g/mol. The zero-order valence-electron chi connectivity index (χ0n) is 15.9. The molecule has 2 unspecified atom stereocenters. The summed E-state index contributed by atoms with van der Waals surface area (Å²) in [4.78, 5) is 25.5. The van der Waals surface area contributed by atoms with Crippen LogP contribution in [0.15, 0.2) is 29.2 Å². The number of carbonyl (C=O) groups excluding carboxylic acids is 2. The molecule has 0 heterocycles. The van der Waals surface area contributed by atoms with Crippen LogP contribution in [0.3, 0.4) is 0 Å². The molecule has 1 aromatic carbocycles. The molecule has 144 valence electrons. The topological polar surface area (TPSA) is 79.5 Å². The molecule has 0 spiro atoms. The number of benzene rings is 1. The van der Waals surface area contributed by atoms with Crippen LogP contribution in [0.25, 0.3) is 0 Å². The number of urea groups is 1. The molecule has 1 aliphatic rings. The predicted octanol–water partition coefficient (Wildman–Crippen LogP) is 4.37. The normalized spacial score (nSPS) is 20.2. The first-order valence-electron chi connectivity index (χ1n) is 8.98. The first-order chi connectivity index (χ1) is 12.3. The van der Waals surface area contributed by atoms with Crippen molar-refractivity contribution in [2.75, 3.05) is 11.6 Å². The molecular formula is C19H29N3O3S. The van der Waals surface area contributed by atoms with Gasteiger partial charge >= 0.3 is 12.1 Å². The molecular weight excluding hydrogens is 350 g/mol. The van der Waals surface area contributed by atoms with E-state index in [4.69, 9.17) is 4.74 Å². The molecule has 2 atom stereocenters. The molecule has 3 N–H and O–H groups in total. The second kappa shape index (κ2) is 9.16. The molecule has 26 heavy (non-hydrogen) atoms. The molecule has 0 saturated heterocycles. The fourth-order valence-electron chi connectivity index (χ4n) is 2.95. The summed E-state index contributed by atoms with van der Waals surface area (Å²) in [7, 11) is 0. The van der Waals surface area contributed by atoms with Crippen LogP contribution in [0.5, 0.6) is 0 Å². The average molecular weight is 380 g/mol. The smallest absolute Gasteiger partial charge is 0.407 e. The van der Waals surface area contributed by atoms with Gasteiger partial charge in [-0.2, -0.15) is 0 Å². The van der Waals surface area contributed by atoms with Crippen LogP contribution >= 0.6 is 11.8 Å². The van der Waals surface area contributed by atoms with E-state index >= 15 is 0 Å². The number of thioether (sulfide) groups is 1. The van der Waals surface area contributed by atoms with Crippen LogP contribution < -0.4 is 16.0 Å². The Labute approximate surface area is 159 Å². The van der Waals surface area contributed by atoms with E-state index in [-0.39, 0.29) is 18.1 Å². The van der Waals surface area contributed by atoms with Crippen molar-refractivity contribution in [2.24, 2.45) is 0 Å². The van der Waals surface area contributed by atoms with Crippen LogP contribution in [0.2, 0.25) is 0 Å². The van der Waals surface area contributed by atoms with Gasteiger partial charge in [-0.15, -0.1) is 11.8 Å². The fraction of sp³-hybridized carbons (Fsp3) is 0.579. The molecule has 1 fully saturated rings. The number of anilines is 1. The summed E-state index contributed by atoms with van der Waals surface area (Å²) >= 11 is 1.65. The molecule has 0 aliphatic heterocycles. The summed E-state index contributed by atoms with van der Waals surface area (Å²) in [5.41, 5.74) is 0.204. The Morgan fingerprint density at radius 2 is 1.62 bits per heavy atom. The standard InChI is InChI=1S/C19H29N3O3S/c1-19(2,3)25-18(24)22-16-8-6-5-7-15(16)21-17(23)20-13-9-11-14(26-4)12-10-13/h9-12,15-16H,5-8H2,1-4H3,(H,22,24)(H2,20,21,23). The highest BCUT2D eigenvalue weighted by Gasteiger charge is 2.29. The number of alkyl carbamates (subject to hydrolysis) is 1. The van der Waals surface area contributed by atoms with Gasteiger partial charge in [0.05, 0.1) is 12.1 Å². The number of carbonyl (C=O) groups is 2. The molecule has 1 aliphatic carbocycles. The molecule has 2 rings (SSSR count). The zero-order valence-corrected chi connectivity index (χ0v) is 16.7. The van der Waals surface area contributed by atoms with E-state index in [9.17, 15) is 9.59 Å². The van der Waals surface area contributed by atoms with E-state index in [1.807, 2.05) is 51.3 Å². The Morgan fingerprint density at radius 3 is 2.15 bits per heavy atom. The molecule has 7 heteroatoms. The summed E-state index contributed by atoms with van der Waals surface area (Å²) in [6.45, 7) is 5.50. The molecule has 0 aromatic heterocycles. The lowest BCUT2D eigenvalue weighted by Crippen LogP contribution is -2.54. The summed E-state index contributed by atoms with van der Waals surface area (Å²) in [6, 6.07) is 7.20. The number of hydrogen-bond donors (Lipinski definition) is 3. The summed E-state index contributed by atoms with van der Waals surface area (Å²) < 4.78 is 5.33. The zero-order chi connectivity index (χ0) is 19.2. The van der Waals surface area contributed by atoms with Crippen LogP contribution in [0.1, 0.15) is 46.5 Å². The van der Waals surface area contributed by atoms with Crippen molar-refractivity contribution in [1.29, 1.82) is 0 Å². The lowest BCUT2D eigenvalue weighted by atomic mass is 9.90. The first-order valence-corrected chi connectivity index (χ1v) is 10.2. The Morgan fingerprint density at radius 1 is 1.04 bits per heavy atom.